The molecule has 26 rings (SSSR count). The van der Waals surface area contributed by atoms with Crippen LogP contribution >= 0.6 is 0 Å². The fourth-order valence-electron chi connectivity index (χ4n) is 24.2. The van der Waals surface area contributed by atoms with Gasteiger partial charge in [0.2, 0.25) is 0 Å². The van der Waals surface area contributed by atoms with Crippen LogP contribution in [0.3, 0.4) is 0 Å². The maximum atomic E-state index is 2.49. The van der Waals surface area contributed by atoms with Crippen molar-refractivity contribution in [2.45, 2.75) is 98.7 Å². The van der Waals surface area contributed by atoms with Crippen LogP contribution in [0.1, 0.15) is 99.3 Å². The fourth-order valence-corrected chi connectivity index (χ4v) is 24.2. The van der Waals surface area contributed by atoms with E-state index >= 15 is 0 Å². The van der Waals surface area contributed by atoms with Crippen molar-refractivity contribution in [3.05, 3.63) is 362 Å². The SMILES string of the molecule is c1ccc2c(c1)c1ccccc1n2-c1ccc(-c2ccc(C34CC5CC(C3)CC(c3ccc(-c6ccc(-n7c8ccccc8c8ccccc87)cc6)cc3)(C5)C4)cc2)cc1.c1ccc2c(c1)c1ccccc1n2-c1ccc(C23CC4CC(C2)CC(c2ccc(-n5c6ccccc6c6ccccc65)cc2)(C4)C3)cc1. The van der Waals surface area contributed by atoms with E-state index in [0.717, 1.165) is 23.7 Å². The zero-order valence-electron chi connectivity index (χ0n) is 60.9. The highest BCUT2D eigenvalue weighted by Gasteiger charge is 2.60. The summed E-state index contributed by atoms with van der Waals surface area (Å²) in [6, 6.07) is 128. The van der Waals surface area contributed by atoms with Crippen LogP contribution in [0.4, 0.5) is 0 Å². The predicted molar refractivity (Wildman–Crippen MR) is 450 cm³/mol. The molecule has 14 aromatic carbocycles. The van der Waals surface area contributed by atoms with Crippen molar-refractivity contribution in [2.75, 3.05) is 0 Å². The molecule has 0 spiro atoms. The van der Waals surface area contributed by atoms with E-state index in [1.807, 2.05) is 0 Å². The van der Waals surface area contributed by atoms with Crippen molar-refractivity contribution in [1.82, 2.24) is 18.3 Å². The van der Waals surface area contributed by atoms with Gasteiger partial charge in [-0.05, 0) is 264 Å². The van der Waals surface area contributed by atoms with E-state index in [0.29, 0.717) is 0 Å². The second-order valence-corrected chi connectivity index (χ2v) is 33.9. The number of fused-ring (bicyclic) bond motifs is 12. The minimum absolute atomic E-state index is 0.268. The lowest BCUT2D eigenvalue weighted by Crippen LogP contribution is -2.55. The topological polar surface area (TPSA) is 19.7 Å². The molecule has 4 heterocycles. The van der Waals surface area contributed by atoms with E-state index in [4.69, 9.17) is 0 Å². The third kappa shape index (κ3) is 9.60. The smallest absolute Gasteiger partial charge is 0.0541 e. The number of rotatable bonds is 10. The van der Waals surface area contributed by atoms with Crippen molar-refractivity contribution < 1.29 is 0 Å². The van der Waals surface area contributed by atoms with Crippen molar-refractivity contribution in [3.63, 3.8) is 0 Å². The van der Waals surface area contributed by atoms with Gasteiger partial charge in [-0.1, -0.05) is 243 Å². The van der Waals surface area contributed by atoms with Crippen molar-refractivity contribution >= 4 is 87.2 Å². The van der Waals surface area contributed by atoms with Gasteiger partial charge in [0.05, 0.1) is 44.1 Å². The van der Waals surface area contributed by atoms with Gasteiger partial charge in [0.25, 0.3) is 0 Å². The van der Waals surface area contributed by atoms with E-state index in [9.17, 15) is 0 Å². The lowest BCUT2D eigenvalue weighted by Gasteiger charge is -2.63. The minimum Gasteiger partial charge on any atom is -0.309 e. The molecule has 0 radical (unpaired) electrons. The average molecular weight is 1390 g/mol. The van der Waals surface area contributed by atoms with Gasteiger partial charge < -0.3 is 18.3 Å². The fraction of sp³-hybridized carbons (Fsp3) is 0.192. The molecule has 108 heavy (non-hydrogen) atoms. The Morgan fingerprint density at radius 3 is 0.528 bits per heavy atom. The van der Waals surface area contributed by atoms with Crippen molar-refractivity contribution in [3.8, 4) is 45.0 Å². The Morgan fingerprint density at radius 2 is 0.333 bits per heavy atom. The molecule has 0 atom stereocenters. The van der Waals surface area contributed by atoms with E-state index < -0.39 is 0 Å². The van der Waals surface area contributed by atoms with E-state index in [2.05, 4.69) is 358 Å². The van der Waals surface area contributed by atoms with Crippen molar-refractivity contribution in [1.29, 1.82) is 0 Å². The first kappa shape index (κ1) is 62.5. The number of aromatic nitrogens is 4. The summed E-state index contributed by atoms with van der Waals surface area (Å²) in [7, 11) is 0. The first-order valence-corrected chi connectivity index (χ1v) is 39.9. The molecule has 4 aromatic heterocycles. The first-order chi connectivity index (χ1) is 53.3. The molecule has 8 aliphatic rings. The molecule has 0 saturated heterocycles. The molecule has 4 nitrogen and oxygen atoms in total. The molecule has 0 unspecified atom stereocenters. The second kappa shape index (κ2) is 23.9. The van der Waals surface area contributed by atoms with Crippen LogP contribution in [-0.4, -0.2) is 18.3 Å². The highest BCUT2D eigenvalue weighted by Crippen LogP contribution is 2.68. The molecular formula is C104H84N4. The molecule has 4 heteroatoms. The highest BCUT2D eigenvalue weighted by molar-refractivity contribution is 6.12. The Morgan fingerprint density at radius 1 is 0.176 bits per heavy atom. The van der Waals surface area contributed by atoms with Crippen LogP contribution < -0.4 is 0 Å². The minimum atomic E-state index is 0.268. The number of hydrogen-bond donors (Lipinski definition) is 0. The molecule has 18 aromatic rings. The summed E-state index contributed by atoms with van der Waals surface area (Å²) in [6.07, 6.45) is 16.1. The Kier molecular flexibility index (Phi) is 13.8. The van der Waals surface area contributed by atoms with Gasteiger partial charge >= 0.3 is 0 Å². The Balaban J connectivity index is 0.000000134. The number of hydrogen-bond acceptors (Lipinski definition) is 0. The van der Waals surface area contributed by atoms with E-state index in [-0.39, 0.29) is 21.7 Å². The maximum absolute atomic E-state index is 2.49. The number of nitrogens with zero attached hydrogens (tertiary/aromatic N) is 4. The summed E-state index contributed by atoms with van der Waals surface area (Å²) < 4.78 is 9.71. The number of benzene rings is 14. The molecule has 8 aliphatic carbocycles. The summed E-state index contributed by atoms with van der Waals surface area (Å²) >= 11 is 0. The monoisotopic (exact) mass is 1390 g/mol. The Bertz CT molecular complexity index is 5940. The Hall–Kier alpha value is -11.7. The quantitative estimate of drug-likeness (QED) is 0.130. The van der Waals surface area contributed by atoms with Crippen LogP contribution in [0, 0.1) is 23.7 Å². The average Bonchev–Trinajstić information content (AvgIpc) is 1.21. The Labute approximate surface area is 630 Å². The van der Waals surface area contributed by atoms with Gasteiger partial charge in [-0.25, -0.2) is 0 Å². The van der Waals surface area contributed by atoms with Gasteiger partial charge in [-0.2, -0.15) is 0 Å². The summed E-state index contributed by atoms with van der Waals surface area (Å²) in [6.45, 7) is 0. The lowest BCUT2D eigenvalue weighted by atomic mass is 9.41. The van der Waals surface area contributed by atoms with E-state index in [1.165, 1.54) is 209 Å². The lowest BCUT2D eigenvalue weighted by molar-refractivity contribution is -0.0282. The molecule has 0 N–H and O–H groups in total. The van der Waals surface area contributed by atoms with Gasteiger partial charge in [0, 0.05) is 65.8 Å². The van der Waals surface area contributed by atoms with Crippen LogP contribution in [0.5, 0.6) is 0 Å². The van der Waals surface area contributed by atoms with Gasteiger partial charge in [-0.3, -0.25) is 0 Å². The summed E-state index contributed by atoms with van der Waals surface area (Å²) in [4.78, 5) is 0. The zero-order valence-corrected chi connectivity index (χ0v) is 60.9. The molecule has 0 aliphatic heterocycles. The van der Waals surface area contributed by atoms with Gasteiger partial charge in [0.15, 0.2) is 0 Å². The maximum Gasteiger partial charge on any atom is 0.0541 e. The summed E-state index contributed by atoms with van der Waals surface area (Å²) in [5.41, 5.74) is 27.5. The normalized spacial score (nSPS) is 23.3. The van der Waals surface area contributed by atoms with Crippen molar-refractivity contribution in [2.24, 2.45) is 23.7 Å². The van der Waals surface area contributed by atoms with Crippen LogP contribution in [0.15, 0.2) is 340 Å². The molecule has 8 saturated carbocycles. The standard InChI is InChI=1S/C58H46N2.C46H38N2/c1-5-13-53-49(9-1)50-10-2-6-14-54(50)59(53)47-29-21-43(22-30-47)41-17-25-45(26-18-41)57-34-39-33-40(35-57)37-58(36-39,38-57)46-27-19-42(20-28-46)44-23-31-48(32-24-44)60-55-15-7-3-11-51(55)52-12-4-8-16-56(52)60;1-5-13-41-37(9-1)38-10-2-6-14-42(38)47(41)35-21-17-33(18-22-35)45-26-31-25-32(27-45)29-46(28-31,30-45)34-19-23-36(24-20-34)48-43-15-7-3-11-39(43)40-12-4-8-16-44(40)48/h1-32,39-40H,33-38H2;1-24,31-32H,25-30H2. The molecule has 8 fully saturated rings. The number of para-hydroxylation sites is 8. The van der Waals surface area contributed by atoms with Crippen LogP contribution in [0.25, 0.3) is 132 Å². The largest absolute Gasteiger partial charge is 0.309 e. The molecule has 520 valence electrons. The van der Waals surface area contributed by atoms with Gasteiger partial charge in [0.1, 0.15) is 0 Å². The predicted octanol–water partition coefficient (Wildman–Crippen LogP) is 26.7. The van der Waals surface area contributed by atoms with Crippen LogP contribution in [-0.2, 0) is 21.7 Å². The third-order valence-corrected chi connectivity index (χ3v) is 27.8. The third-order valence-electron chi connectivity index (χ3n) is 27.8. The van der Waals surface area contributed by atoms with Crippen LogP contribution in [0.2, 0.25) is 0 Å². The molecule has 0 amide bonds. The summed E-state index contributed by atoms with van der Waals surface area (Å²) in [5, 5.41) is 10.5. The molecule has 8 bridgehead atoms. The summed E-state index contributed by atoms with van der Waals surface area (Å²) in [5.74, 6) is 3.26. The highest BCUT2D eigenvalue weighted by atomic mass is 15.0. The molecular weight excluding hydrogens is 1310 g/mol. The first-order valence-electron chi connectivity index (χ1n) is 39.9. The second-order valence-electron chi connectivity index (χ2n) is 33.9. The van der Waals surface area contributed by atoms with Gasteiger partial charge in [-0.15, -0.1) is 0 Å². The zero-order chi connectivity index (χ0) is 70.9. The van der Waals surface area contributed by atoms with E-state index in [1.54, 1.807) is 22.3 Å².